The van der Waals surface area contributed by atoms with E-state index in [0.717, 1.165) is 44.0 Å². The van der Waals surface area contributed by atoms with Crippen molar-refractivity contribution in [1.82, 2.24) is 5.32 Å². The van der Waals surface area contributed by atoms with Crippen molar-refractivity contribution in [3.05, 3.63) is 29.8 Å². The Bertz CT molecular complexity index is 348. The van der Waals surface area contributed by atoms with E-state index in [0.29, 0.717) is 0 Å². The van der Waals surface area contributed by atoms with Crippen molar-refractivity contribution in [2.24, 2.45) is 0 Å². The van der Waals surface area contributed by atoms with E-state index in [1.54, 1.807) is 0 Å². The van der Waals surface area contributed by atoms with Crippen molar-refractivity contribution < 1.29 is 13.2 Å². The van der Waals surface area contributed by atoms with Gasteiger partial charge in [-0.2, -0.15) is 13.2 Å². The van der Waals surface area contributed by atoms with Crippen molar-refractivity contribution in [2.45, 2.75) is 6.18 Å². The van der Waals surface area contributed by atoms with Crippen LogP contribution in [0.3, 0.4) is 0 Å². The van der Waals surface area contributed by atoms with Crippen LogP contribution in [0.15, 0.2) is 24.3 Å². The highest BCUT2D eigenvalue weighted by molar-refractivity contribution is 5.85. The van der Waals surface area contributed by atoms with Crippen molar-refractivity contribution >= 4 is 30.5 Å². The Kier molecular flexibility index (Phi) is 6.81. The molecule has 0 bridgehead atoms. The molecule has 2 nitrogen and oxygen atoms in total. The number of piperazine rings is 1. The molecule has 0 radical (unpaired) electrons. The predicted molar refractivity (Wildman–Crippen MR) is 71.0 cm³/mol. The normalized spacial score (nSPS) is 15.6. The summed E-state index contributed by atoms with van der Waals surface area (Å²) in [5, 5.41) is 3.20. The molecule has 18 heavy (non-hydrogen) atoms. The van der Waals surface area contributed by atoms with Gasteiger partial charge >= 0.3 is 6.18 Å². The molecule has 0 saturated carbocycles. The average Bonchev–Trinajstić information content (AvgIpc) is 2.29. The zero-order valence-electron chi connectivity index (χ0n) is 9.54. The molecular formula is C11H15Cl2F3N2. The van der Waals surface area contributed by atoms with Gasteiger partial charge in [-0.25, -0.2) is 0 Å². The van der Waals surface area contributed by atoms with E-state index in [1.165, 1.54) is 12.1 Å². The lowest BCUT2D eigenvalue weighted by Crippen LogP contribution is -2.43. The monoisotopic (exact) mass is 302 g/mol. The van der Waals surface area contributed by atoms with Gasteiger partial charge in [0.2, 0.25) is 0 Å². The van der Waals surface area contributed by atoms with Crippen molar-refractivity contribution in [1.29, 1.82) is 0 Å². The zero-order chi connectivity index (χ0) is 11.6. The third-order valence-corrected chi connectivity index (χ3v) is 2.68. The van der Waals surface area contributed by atoms with Crippen LogP contribution >= 0.6 is 24.8 Å². The number of hydrogen-bond acceptors (Lipinski definition) is 2. The topological polar surface area (TPSA) is 15.3 Å². The summed E-state index contributed by atoms with van der Waals surface area (Å²) in [7, 11) is 0. The molecule has 0 aromatic heterocycles. The van der Waals surface area contributed by atoms with E-state index >= 15 is 0 Å². The third kappa shape index (κ3) is 4.23. The van der Waals surface area contributed by atoms with Crippen LogP contribution in [0.25, 0.3) is 0 Å². The molecule has 0 atom stereocenters. The zero-order valence-corrected chi connectivity index (χ0v) is 11.2. The minimum absolute atomic E-state index is 0. The van der Waals surface area contributed by atoms with E-state index in [4.69, 9.17) is 0 Å². The number of hydrogen-bond donors (Lipinski definition) is 1. The number of anilines is 1. The first-order valence-electron chi connectivity index (χ1n) is 5.20. The first-order chi connectivity index (χ1) is 7.57. The van der Waals surface area contributed by atoms with Crippen molar-refractivity contribution in [3.8, 4) is 0 Å². The lowest BCUT2D eigenvalue weighted by molar-refractivity contribution is -0.137. The molecule has 104 valence electrons. The summed E-state index contributed by atoms with van der Waals surface area (Å²) in [5.74, 6) is 0. The summed E-state index contributed by atoms with van der Waals surface area (Å²) >= 11 is 0. The third-order valence-electron chi connectivity index (χ3n) is 2.68. The highest BCUT2D eigenvalue weighted by Gasteiger charge is 2.30. The van der Waals surface area contributed by atoms with E-state index in [-0.39, 0.29) is 24.8 Å². The van der Waals surface area contributed by atoms with Crippen molar-refractivity contribution in [2.75, 3.05) is 31.1 Å². The van der Waals surface area contributed by atoms with Gasteiger partial charge < -0.3 is 10.2 Å². The number of rotatable bonds is 1. The Morgan fingerprint density at radius 1 is 0.944 bits per heavy atom. The molecule has 1 aromatic carbocycles. The Hall–Kier alpha value is -0.650. The van der Waals surface area contributed by atoms with Crippen LogP contribution in [-0.2, 0) is 6.18 Å². The second-order valence-electron chi connectivity index (χ2n) is 3.78. The van der Waals surface area contributed by atoms with Crippen LogP contribution in [0.2, 0.25) is 0 Å². The standard InChI is InChI=1S/C11H13F3N2.2ClH/c12-11(13,14)9-1-3-10(4-2-9)16-7-5-15-6-8-16;;/h1-4,15H,5-8H2;2*1H. The van der Waals surface area contributed by atoms with Gasteiger partial charge in [-0.3, -0.25) is 0 Å². The van der Waals surface area contributed by atoms with Gasteiger partial charge in [0.15, 0.2) is 0 Å². The summed E-state index contributed by atoms with van der Waals surface area (Å²) in [6, 6.07) is 5.34. The van der Waals surface area contributed by atoms with Crippen LogP contribution in [-0.4, -0.2) is 26.2 Å². The quantitative estimate of drug-likeness (QED) is 0.858. The molecule has 0 aliphatic carbocycles. The highest BCUT2D eigenvalue weighted by atomic mass is 35.5. The first kappa shape index (κ1) is 17.4. The fourth-order valence-corrected chi connectivity index (χ4v) is 1.78. The fourth-order valence-electron chi connectivity index (χ4n) is 1.78. The Labute approximate surface area is 116 Å². The predicted octanol–water partition coefficient (Wildman–Crippen LogP) is 2.96. The molecule has 1 aliphatic heterocycles. The molecule has 1 fully saturated rings. The Morgan fingerprint density at radius 3 is 1.89 bits per heavy atom. The largest absolute Gasteiger partial charge is 0.416 e. The van der Waals surface area contributed by atoms with Gasteiger partial charge in [0.05, 0.1) is 5.56 Å². The lowest BCUT2D eigenvalue weighted by Gasteiger charge is -2.29. The Balaban J connectivity index is 0.00000144. The van der Waals surface area contributed by atoms with Crippen LogP contribution in [0.4, 0.5) is 18.9 Å². The molecular weight excluding hydrogens is 288 g/mol. The van der Waals surface area contributed by atoms with Gasteiger partial charge in [0, 0.05) is 31.9 Å². The summed E-state index contributed by atoms with van der Waals surface area (Å²) in [6.45, 7) is 3.43. The maximum absolute atomic E-state index is 12.3. The molecule has 2 rings (SSSR count). The molecule has 1 N–H and O–H groups in total. The number of nitrogens with zero attached hydrogens (tertiary/aromatic N) is 1. The lowest BCUT2D eigenvalue weighted by atomic mass is 10.2. The molecule has 0 spiro atoms. The molecule has 1 aliphatic rings. The van der Waals surface area contributed by atoms with E-state index in [9.17, 15) is 13.2 Å². The average molecular weight is 303 g/mol. The van der Waals surface area contributed by atoms with E-state index in [1.807, 2.05) is 0 Å². The second-order valence-corrected chi connectivity index (χ2v) is 3.78. The number of alkyl halides is 3. The minimum Gasteiger partial charge on any atom is -0.369 e. The molecule has 7 heteroatoms. The summed E-state index contributed by atoms with van der Waals surface area (Å²) in [5.41, 5.74) is 0.265. The van der Waals surface area contributed by atoms with Crippen LogP contribution in [0.1, 0.15) is 5.56 Å². The Morgan fingerprint density at radius 2 is 1.44 bits per heavy atom. The number of halogens is 5. The smallest absolute Gasteiger partial charge is 0.369 e. The van der Waals surface area contributed by atoms with Crippen LogP contribution in [0.5, 0.6) is 0 Å². The first-order valence-corrected chi connectivity index (χ1v) is 5.20. The molecule has 0 amide bonds. The summed E-state index contributed by atoms with van der Waals surface area (Å²) in [6.07, 6.45) is -4.25. The minimum atomic E-state index is -4.25. The summed E-state index contributed by atoms with van der Waals surface area (Å²) in [4.78, 5) is 2.08. The van der Waals surface area contributed by atoms with Gasteiger partial charge in [0.25, 0.3) is 0 Å². The maximum Gasteiger partial charge on any atom is 0.416 e. The van der Waals surface area contributed by atoms with Gasteiger partial charge in [-0.15, -0.1) is 24.8 Å². The number of benzene rings is 1. The van der Waals surface area contributed by atoms with Crippen LogP contribution < -0.4 is 10.2 Å². The van der Waals surface area contributed by atoms with Crippen LogP contribution in [0, 0.1) is 0 Å². The highest BCUT2D eigenvalue weighted by Crippen LogP contribution is 2.30. The van der Waals surface area contributed by atoms with E-state index < -0.39 is 11.7 Å². The number of nitrogens with one attached hydrogen (secondary N) is 1. The molecule has 1 heterocycles. The molecule has 1 aromatic rings. The second kappa shape index (κ2) is 7.07. The SMILES string of the molecule is Cl.Cl.FC(F)(F)c1ccc(N2CCNCC2)cc1. The van der Waals surface area contributed by atoms with Gasteiger partial charge in [-0.05, 0) is 24.3 Å². The molecule has 0 unspecified atom stereocenters. The van der Waals surface area contributed by atoms with E-state index in [2.05, 4.69) is 10.2 Å². The molecule has 1 saturated heterocycles. The fraction of sp³-hybridized carbons (Fsp3) is 0.455. The summed E-state index contributed by atoms with van der Waals surface area (Å²) < 4.78 is 37.0. The van der Waals surface area contributed by atoms with Gasteiger partial charge in [0.1, 0.15) is 0 Å². The maximum atomic E-state index is 12.3. The van der Waals surface area contributed by atoms with Gasteiger partial charge in [-0.1, -0.05) is 0 Å². The van der Waals surface area contributed by atoms with Crippen molar-refractivity contribution in [3.63, 3.8) is 0 Å².